The highest BCUT2D eigenvalue weighted by molar-refractivity contribution is 5.79. The van der Waals surface area contributed by atoms with Gasteiger partial charge in [-0.15, -0.1) is 0 Å². The van der Waals surface area contributed by atoms with Gasteiger partial charge in [0.25, 0.3) is 5.91 Å². The van der Waals surface area contributed by atoms with Gasteiger partial charge in [-0.25, -0.2) is 4.39 Å². The first-order valence-corrected chi connectivity index (χ1v) is 8.23. The summed E-state index contributed by atoms with van der Waals surface area (Å²) in [6, 6.07) is 5.58. The van der Waals surface area contributed by atoms with Crippen molar-refractivity contribution in [2.75, 3.05) is 45.9 Å². The van der Waals surface area contributed by atoms with Crippen molar-refractivity contribution in [3.8, 4) is 5.75 Å². The molecule has 1 aromatic carbocycles. The number of hydrogen-bond acceptors (Lipinski definition) is 4. The Balaban J connectivity index is 1.68. The fraction of sp³-hybridized carbons (Fsp3) is 0.529. The number of nitrogens with zero attached hydrogens (tertiary/aromatic N) is 2. The zero-order chi connectivity index (χ0) is 17.4. The molecule has 1 heterocycles. The van der Waals surface area contributed by atoms with E-state index in [0.717, 1.165) is 6.42 Å². The molecule has 1 aromatic rings. The Kier molecular flexibility index (Phi) is 6.99. The minimum absolute atomic E-state index is 0.0243. The molecule has 0 bridgehead atoms. The van der Waals surface area contributed by atoms with Gasteiger partial charge in [0.2, 0.25) is 5.91 Å². The third kappa shape index (κ3) is 5.81. The lowest BCUT2D eigenvalue weighted by atomic mass is 10.3. The molecule has 0 spiro atoms. The molecule has 0 aromatic heterocycles. The molecule has 1 fully saturated rings. The van der Waals surface area contributed by atoms with Crippen LogP contribution in [0.2, 0.25) is 0 Å². The molecule has 0 radical (unpaired) electrons. The lowest BCUT2D eigenvalue weighted by molar-refractivity contribution is -0.135. The van der Waals surface area contributed by atoms with E-state index in [1.807, 2.05) is 11.8 Å². The quantitative estimate of drug-likeness (QED) is 0.802. The third-order valence-electron chi connectivity index (χ3n) is 3.84. The largest absolute Gasteiger partial charge is 0.484 e. The van der Waals surface area contributed by atoms with Crippen molar-refractivity contribution in [3.63, 3.8) is 0 Å². The zero-order valence-corrected chi connectivity index (χ0v) is 14.0. The third-order valence-corrected chi connectivity index (χ3v) is 3.84. The van der Waals surface area contributed by atoms with Gasteiger partial charge in [0.05, 0.1) is 6.54 Å². The van der Waals surface area contributed by atoms with E-state index >= 15 is 0 Å². The molecule has 2 amide bonds. The molecule has 1 N–H and O–H groups in total. The first kappa shape index (κ1) is 18.2. The normalized spacial score (nSPS) is 15.2. The van der Waals surface area contributed by atoms with E-state index in [9.17, 15) is 14.0 Å². The SMILES string of the molecule is CCCNC(=O)CN1CCN(C(=O)COc2ccc(F)cc2)CC1. The van der Waals surface area contributed by atoms with Crippen LogP contribution in [0.4, 0.5) is 4.39 Å². The molecule has 1 aliphatic rings. The summed E-state index contributed by atoms with van der Waals surface area (Å²) in [5.41, 5.74) is 0. The molecule has 0 atom stereocenters. The van der Waals surface area contributed by atoms with Crippen LogP contribution < -0.4 is 10.1 Å². The molecule has 1 aliphatic heterocycles. The van der Waals surface area contributed by atoms with E-state index in [1.165, 1.54) is 24.3 Å². The minimum atomic E-state index is -0.340. The number of benzene rings is 1. The van der Waals surface area contributed by atoms with Crippen LogP contribution in [-0.2, 0) is 9.59 Å². The van der Waals surface area contributed by atoms with Crippen LogP contribution in [0.25, 0.3) is 0 Å². The number of amides is 2. The molecule has 132 valence electrons. The molecule has 0 unspecified atom stereocenters. The zero-order valence-electron chi connectivity index (χ0n) is 14.0. The molecular formula is C17H24FN3O3. The summed E-state index contributed by atoms with van der Waals surface area (Å²) >= 11 is 0. The minimum Gasteiger partial charge on any atom is -0.484 e. The molecule has 0 saturated carbocycles. The van der Waals surface area contributed by atoms with Gasteiger partial charge < -0.3 is 15.0 Å². The van der Waals surface area contributed by atoms with Gasteiger partial charge in [0.1, 0.15) is 11.6 Å². The van der Waals surface area contributed by atoms with Gasteiger partial charge in [0, 0.05) is 32.7 Å². The molecule has 2 rings (SSSR count). The van der Waals surface area contributed by atoms with Crippen molar-refractivity contribution >= 4 is 11.8 Å². The van der Waals surface area contributed by atoms with Crippen molar-refractivity contribution < 1.29 is 18.7 Å². The Hall–Kier alpha value is -2.15. The fourth-order valence-corrected chi connectivity index (χ4v) is 2.45. The number of hydrogen-bond donors (Lipinski definition) is 1. The van der Waals surface area contributed by atoms with E-state index in [4.69, 9.17) is 4.74 Å². The molecule has 1 saturated heterocycles. The van der Waals surface area contributed by atoms with E-state index in [1.54, 1.807) is 4.90 Å². The van der Waals surface area contributed by atoms with Crippen LogP contribution in [-0.4, -0.2) is 67.5 Å². The monoisotopic (exact) mass is 337 g/mol. The van der Waals surface area contributed by atoms with E-state index in [0.29, 0.717) is 45.0 Å². The highest BCUT2D eigenvalue weighted by Gasteiger charge is 2.22. The van der Waals surface area contributed by atoms with Crippen LogP contribution in [0, 0.1) is 5.82 Å². The molecule has 24 heavy (non-hydrogen) atoms. The lowest BCUT2D eigenvalue weighted by Gasteiger charge is -2.34. The number of rotatable bonds is 7. The van der Waals surface area contributed by atoms with Gasteiger partial charge in [-0.2, -0.15) is 0 Å². The summed E-state index contributed by atoms with van der Waals surface area (Å²) in [5.74, 6) is 0.0504. The maximum absolute atomic E-state index is 12.8. The van der Waals surface area contributed by atoms with Crippen LogP contribution in [0.15, 0.2) is 24.3 Å². The second-order valence-corrected chi connectivity index (χ2v) is 5.75. The Labute approximate surface area is 141 Å². The Morgan fingerprint density at radius 1 is 1.17 bits per heavy atom. The summed E-state index contributed by atoms with van der Waals surface area (Å²) < 4.78 is 18.2. The summed E-state index contributed by atoms with van der Waals surface area (Å²) in [6.07, 6.45) is 0.919. The van der Waals surface area contributed by atoms with Crippen molar-refractivity contribution in [1.29, 1.82) is 0 Å². The van der Waals surface area contributed by atoms with Gasteiger partial charge in [-0.3, -0.25) is 14.5 Å². The Morgan fingerprint density at radius 2 is 1.83 bits per heavy atom. The topological polar surface area (TPSA) is 61.9 Å². The van der Waals surface area contributed by atoms with Crippen LogP contribution >= 0.6 is 0 Å². The van der Waals surface area contributed by atoms with Crippen molar-refractivity contribution in [1.82, 2.24) is 15.1 Å². The van der Waals surface area contributed by atoms with Crippen LogP contribution in [0.3, 0.4) is 0 Å². The van der Waals surface area contributed by atoms with Gasteiger partial charge in [0.15, 0.2) is 6.61 Å². The molecule has 7 heteroatoms. The van der Waals surface area contributed by atoms with Gasteiger partial charge in [-0.1, -0.05) is 6.92 Å². The van der Waals surface area contributed by atoms with Gasteiger partial charge in [-0.05, 0) is 30.7 Å². The molecule has 0 aliphatic carbocycles. The predicted molar refractivity (Wildman–Crippen MR) is 88.2 cm³/mol. The predicted octanol–water partition coefficient (Wildman–Crippen LogP) is 0.875. The van der Waals surface area contributed by atoms with Gasteiger partial charge >= 0.3 is 0 Å². The number of ether oxygens (including phenoxy) is 1. The van der Waals surface area contributed by atoms with Crippen LogP contribution in [0.1, 0.15) is 13.3 Å². The van der Waals surface area contributed by atoms with E-state index < -0.39 is 0 Å². The highest BCUT2D eigenvalue weighted by atomic mass is 19.1. The summed E-state index contributed by atoms with van der Waals surface area (Å²) in [4.78, 5) is 27.6. The van der Waals surface area contributed by atoms with Crippen molar-refractivity contribution in [2.45, 2.75) is 13.3 Å². The number of piperazine rings is 1. The summed E-state index contributed by atoms with van der Waals surface area (Å²) in [5, 5.41) is 2.85. The van der Waals surface area contributed by atoms with Crippen molar-refractivity contribution in [2.24, 2.45) is 0 Å². The first-order chi connectivity index (χ1) is 11.6. The fourth-order valence-electron chi connectivity index (χ4n) is 2.45. The smallest absolute Gasteiger partial charge is 0.260 e. The second kappa shape index (κ2) is 9.22. The maximum Gasteiger partial charge on any atom is 0.260 e. The Bertz CT molecular complexity index is 543. The van der Waals surface area contributed by atoms with Crippen LogP contribution in [0.5, 0.6) is 5.75 Å². The number of nitrogens with one attached hydrogen (secondary N) is 1. The van der Waals surface area contributed by atoms with E-state index in [2.05, 4.69) is 5.32 Å². The number of carbonyl (C=O) groups excluding carboxylic acids is 2. The second-order valence-electron chi connectivity index (χ2n) is 5.75. The molecular weight excluding hydrogens is 313 g/mol. The number of carbonyl (C=O) groups is 2. The Morgan fingerprint density at radius 3 is 2.46 bits per heavy atom. The summed E-state index contributed by atoms with van der Waals surface area (Å²) in [6.45, 7) is 5.50. The summed E-state index contributed by atoms with van der Waals surface area (Å²) in [7, 11) is 0. The van der Waals surface area contributed by atoms with Crippen molar-refractivity contribution in [3.05, 3.63) is 30.1 Å². The average Bonchev–Trinajstić information content (AvgIpc) is 2.60. The standard InChI is InChI=1S/C17H24FN3O3/c1-2-7-19-16(22)12-20-8-10-21(11-9-20)17(23)13-24-15-5-3-14(18)4-6-15/h3-6H,2,7-13H2,1H3,(H,19,22). The molecule has 6 nitrogen and oxygen atoms in total. The lowest BCUT2D eigenvalue weighted by Crippen LogP contribution is -2.52. The first-order valence-electron chi connectivity index (χ1n) is 8.23. The number of halogens is 1. The maximum atomic E-state index is 12.8. The highest BCUT2D eigenvalue weighted by Crippen LogP contribution is 2.11. The van der Waals surface area contributed by atoms with E-state index in [-0.39, 0.29) is 24.2 Å². The average molecular weight is 337 g/mol.